The van der Waals surface area contributed by atoms with Crippen LogP contribution in [0.5, 0.6) is 0 Å². The van der Waals surface area contributed by atoms with Crippen molar-refractivity contribution in [3.8, 4) is 0 Å². The topological polar surface area (TPSA) is 71.0 Å². The Balaban J connectivity index is 1.85. The smallest absolute Gasteiger partial charge is 0.274 e. The van der Waals surface area contributed by atoms with Gasteiger partial charge in [-0.1, -0.05) is 18.2 Å². The molecule has 0 aliphatic carbocycles. The molecule has 0 amide bonds. The van der Waals surface area contributed by atoms with Gasteiger partial charge in [0.2, 0.25) is 0 Å². The summed E-state index contributed by atoms with van der Waals surface area (Å²) in [7, 11) is 0. The maximum absolute atomic E-state index is 13.4. The van der Waals surface area contributed by atoms with Gasteiger partial charge in [-0.3, -0.25) is 10.1 Å². The van der Waals surface area contributed by atoms with Crippen molar-refractivity contribution in [1.29, 1.82) is 0 Å². The molecule has 1 heterocycles. The van der Waals surface area contributed by atoms with E-state index in [1.165, 1.54) is 12.1 Å². The molecule has 3 aromatic rings. The zero-order valence-electron chi connectivity index (χ0n) is 11.0. The lowest BCUT2D eigenvalue weighted by molar-refractivity contribution is -0.385. The molecule has 0 aliphatic rings. The molecule has 0 unspecified atom stereocenters. The molecule has 1 aromatic heterocycles. The lowest BCUT2D eigenvalue weighted by Gasteiger charge is -2.08. The maximum atomic E-state index is 13.4. The fourth-order valence-corrected chi connectivity index (χ4v) is 2.28. The van der Waals surface area contributed by atoms with Crippen LogP contribution in [0.1, 0.15) is 5.56 Å². The van der Waals surface area contributed by atoms with Crippen molar-refractivity contribution in [3.63, 3.8) is 0 Å². The Morgan fingerprint density at radius 1 is 1.24 bits per heavy atom. The van der Waals surface area contributed by atoms with Gasteiger partial charge in [0, 0.05) is 24.5 Å². The minimum absolute atomic E-state index is 0.268. The highest BCUT2D eigenvalue weighted by atomic mass is 19.1. The van der Waals surface area contributed by atoms with Crippen molar-refractivity contribution in [2.24, 2.45) is 0 Å². The van der Waals surface area contributed by atoms with Gasteiger partial charge in [0.05, 0.1) is 16.5 Å². The standard InChI is InChI=1S/C15H12FN3O2/c16-12-6-13(8-14(7-12)19(20)21)18-9-11-3-1-2-10-4-5-17-15(10)11/h1-8,17-18H,9H2. The van der Waals surface area contributed by atoms with Crippen molar-refractivity contribution in [1.82, 2.24) is 4.98 Å². The van der Waals surface area contributed by atoms with E-state index in [1.54, 1.807) is 0 Å². The van der Waals surface area contributed by atoms with Crippen LogP contribution in [0.25, 0.3) is 10.9 Å². The summed E-state index contributed by atoms with van der Waals surface area (Å²) in [5, 5.41) is 14.8. The van der Waals surface area contributed by atoms with Gasteiger partial charge in [0.15, 0.2) is 0 Å². The summed E-state index contributed by atoms with van der Waals surface area (Å²) in [5.74, 6) is -0.634. The molecule has 0 fully saturated rings. The average molecular weight is 285 g/mol. The quantitative estimate of drug-likeness (QED) is 0.565. The van der Waals surface area contributed by atoms with Crippen LogP contribution in [0.3, 0.4) is 0 Å². The largest absolute Gasteiger partial charge is 0.381 e. The van der Waals surface area contributed by atoms with Crippen LogP contribution in [0, 0.1) is 15.9 Å². The molecule has 2 N–H and O–H groups in total. The molecular weight excluding hydrogens is 273 g/mol. The normalized spacial score (nSPS) is 10.7. The number of aromatic nitrogens is 1. The van der Waals surface area contributed by atoms with E-state index in [0.717, 1.165) is 22.5 Å². The van der Waals surface area contributed by atoms with E-state index >= 15 is 0 Å². The number of benzene rings is 2. The van der Waals surface area contributed by atoms with E-state index in [-0.39, 0.29) is 5.69 Å². The lowest BCUT2D eigenvalue weighted by Crippen LogP contribution is -2.01. The molecular formula is C15H12FN3O2. The van der Waals surface area contributed by atoms with Crippen molar-refractivity contribution < 1.29 is 9.31 Å². The third-order valence-electron chi connectivity index (χ3n) is 3.25. The fourth-order valence-electron chi connectivity index (χ4n) is 2.28. The van der Waals surface area contributed by atoms with Gasteiger partial charge >= 0.3 is 0 Å². The minimum Gasteiger partial charge on any atom is -0.381 e. The second-order valence-corrected chi connectivity index (χ2v) is 4.67. The molecule has 3 rings (SSSR count). The van der Waals surface area contributed by atoms with Gasteiger partial charge in [-0.15, -0.1) is 0 Å². The van der Waals surface area contributed by atoms with Gasteiger partial charge in [-0.25, -0.2) is 4.39 Å². The van der Waals surface area contributed by atoms with Crippen LogP contribution >= 0.6 is 0 Å². The Hall–Kier alpha value is -2.89. The first kappa shape index (κ1) is 13.1. The average Bonchev–Trinajstić information content (AvgIpc) is 2.93. The highest BCUT2D eigenvalue weighted by Gasteiger charge is 2.10. The van der Waals surface area contributed by atoms with Crippen molar-refractivity contribution in [3.05, 3.63) is 70.2 Å². The van der Waals surface area contributed by atoms with Crippen LogP contribution in [-0.4, -0.2) is 9.91 Å². The number of hydrogen-bond acceptors (Lipinski definition) is 3. The number of halogens is 1. The number of para-hydroxylation sites is 1. The molecule has 21 heavy (non-hydrogen) atoms. The van der Waals surface area contributed by atoms with E-state index in [1.807, 2.05) is 30.5 Å². The summed E-state index contributed by atoms with van der Waals surface area (Å²) in [6.07, 6.45) is 1.85. The predicted octanol–water partition coefficient (Wildman–Crippen LogP) is 3.83. The van der Waals surface area contributed by atoms with Gasteiger partial charge in [0.1, 0.15) is 5.82 Å². The Morgan fingerprint density at radius 3 is 2.90 bits per heavy atom. The monoisotopic (exact) mass is 285 g/mol. The summed E-state index contributed by atoms with van der Waals surface area (Å²) < 4.78 is 13.4. The molecule has 0 bridgehead atoms. The van der Waals surface area contributed by atoms with Gasteiger partial charge in [0.25, 0.3) is 5.69 Å². The highest BCUT2D eigenvalue weighted by molar-refractivity contribution is 5.82. The Labute approximate surface area is 119 Å². The fraction of sp³-hybridized carbons (Fsp3) is 0.0667. The van der Waals surface area contributed by atoms with Crippen LogP contribution in [0.2, 0.25) is 0 Å². The summed E-state index contributed by atoms with van der Waals surface area (Å²) in [4.78, 5) is 13.3. The van der Waals surface area contributed by atoms with E-state index in [2.05, 4.69) is 10.3 Å². The number of nitrogens with zero attached hydrogens (tertiary/aromatic N) is 1. The summed E-state index contributed by atoms with van der Waals surface area (Å²) in [5.41, 5.74) is 2.11. The number of anilines is 1. The number of rotatable bonds is 4. The minimum atomic E-state index is -0.634. The zero-order chi connectivity index (χ0) is 14.8. The first-order valence-electron chi connectivity index (χ1n) is 6.37. The van der Waals surface area contributed by atoms with Crippen molar-refractivity contribution >= 4 is 22.3 Å². The third kappa shape index (κ3) is 2.69. The molecule has 0 atom stereocenters. The lowest BCUT2D eigenvalue weighted by atomic mass is 10.1. The van der Waals surface area contributed by atoms with E-state index < -0.39 is 10.7 Å². The first-order chi connectivity index (χ1) is 10.1. The molecule has 0 saturated carbocycles. The van der Waals surface area contributed by atoms with Gasteiger partial charge in [-0.05, 0) is 23.1 Å². The number of nitro benzene ring substituents is 1. The number of non-ortho nitro benzene ring substituents is 1. The first-order valence-corrected chi connectivity index (χ1v) is 6.37. The molecule has 0 spiro atoms. The predicted molar refractivity (Wildman–Crippen MR) is 78.7 cm³/mol. The molecule has 0 radical (unpaired) electrons. The third-order valence-corrected chi connectivity index (χ3v) is 3.25. The number of nitrogens with one attached hydrogen (secondary N) is 2. The summed E-state index contributed by atoms with van der Waals surface area (Å²) >= 11 is 0. The Morgan fingerprint density at radius 2 is 2.10 bits per heavy atom. The van der Waals surface area contributed by atoms with E-state index in [0.29, 0.717) is 12.2 Å². The zero-order valence-corrected chi connectivity index (χ0v) is 11.0. The van der Waals surface area contributed by atoms with E-state index in [4.69, 9.17) is 0 Å². The molecule has 0 aliphatic heterocycles. The Bertz CT molecular complexity index is 814. The summed E-state index contributed by atoms with van der Waals surface area (Å²) in [6, 6.07) is 11.3. The van der Waals surface area contributed by atoms with Crippen LogP contribution < -0.4 is 5.32 Å². The van der Waals surface area contributed by atoms with E-state index in [9.17, 15) is 14.5 Å². The number of hydrogen-bond donors (Lipinski definition) is 2. The number of nitro groups is 1. The maximum Gasteiger partial charge on any atom is 0.274 e. The molecule has 2 aromatic carbocycles. The number of aromatic amines is 1. The number of fused-ring (bicyclic) bond motifs is 1. The number of H-pyrrole nitrogens is 1. The van der Waals surface area contributed by atoms with Gasteiger partial charge < -0.3 is 10.3 Å². The molecule has 5 nitrogen and oxygen atoms in total. The second-order valence-electron chi connectivity index (χ2n) is 4.67. The molecule has 0 saturated heterocycles. The SMILES string of the molecule is O=[N+]([O-])c1cc(F)cc(NCc2cccc3cc[nH]c23)c1. The summed E-state index contributed by atoms with van der Waals surface area (Å²) in [6.45, 7) is 0.443. The molecule has 6 heteroatoms. The van der Waals surface area contributed by atoms with Gasteiger partial charge in [-0.2, -0.15) is 0 Å². The van der Waals surface area contributed by atoms with Crippen molar-refractivity contribution in [2.75, 3.05) is 5.32 Å². The highest BCUT2D eigenvalue weighted by Crippen LogP contribution is 2.22. The van der Waals surface area contributed by atoms with Crippen LogP contribution in [-0.2, 0) is 6.54 Å². The molecule has 106 valence electrons. The Kier molecular flexibility index (Phi) is 3.27. The second kappa shape index (κ2) is 5.24. The van der Waals surface area contributed by atoms with Crippen LogP contribution in [0.15, 0.2) is 48.7 Å². The van der Waals surface area contributed by atoms with Crippen molar-refractivity contribution in [2.45, 2.75) is 6.54 Å². The van der Waals surface area contributed by atoms with Crippen LogP contribution in [0.4, 0.5) is 15.8 Å².